The molecule has 2 aromatic carbocycles. The number of fused-ring (bicyclic) bond motifs is 1. The lowest BCUT2D eigenvalue weighted by atomic mass is 10.0. The van der Waals surface area contributed by atoms with Crippen molar-refractivity contribution in [3.63, 3.8) is 0 Å². The quantitative estimate of drug-likeness (QED) is 0.150. The molecule has 0 aliphatic rings. The number of likely N-dealkylation sites (N-methyl/N-ethyl adjacent to an activating group) is 1. The van der Waals surface area contributed by atoms with E-state index >= 15 is 0 Å². The Bertz CT molecular complexity index is 1300. The minimum absolute atomic E-state index is 0.0151. The summed E-state index contributed by atoms with van der Waals surface area (Å²) in [6.07, 6.45) is 2.10. The summed E-state index contributed by atoms with van der Waals surface area (Å²) >= 11 is 0. The summed E-state index contributed by atoms with van der Waals surface area (Å²) in [6.45, 7) is 3.17. The highest BCUT2D eigenvalue weighted by molar-refractivity contribution is 5.99. The van der Waals surface area contributed by atoms with Gasteiger partial charge in [-0.2, -0.15) is 0 Å². The molecule has 0 spiro atoms. The average Bonchev–Trinajstić information content (AvgIpc) is 2.91. The molecule has 0 aliphatic heterocycles. The molecule has 0 bridgehead atoms. The van der Waals surface area contributed by atoms with Crippen molar-refractivity contribution in [2.24, 2.45) is 17.2 Å². The second-order valence-electron chi connectivity index (χ2n) is 10.2. The predicted molar refractivity (Wildman–Crippen MR) is 148 cm³/mol. The summed E-state index contributed by atoms with van der Waals surface area (Å²) in [6, 6.07) is 8.38. The molecule has 2 amide bonds. The normalized spacial score (nSPS) is 13.2. The van der Waals surface area contributed by atoms with Gasteiger partial charge in [0.2, 0.25) is 11.8 Å². The van der Waals surface area contributed by atoms with Crippen LogP contribution < -0.4 is 27.8 Å². The largest absolute Gasteiger partial charge is 0.343 e. The number of para-hydroxylation sites is 1. The number of nitrogens with zero attached hydrogens (tertiary/aromatic N) is 2. The Morgan fingerprint density at radius 2 is 1.62 bits per heavy atom. The van der Waals surface area contributed by atoms with E-state index < -0.39 is 41.3 Å². The van der Waals surface area contributed by atoms with Gasteiger partial charge < -0.3 is 32.3 Å². The molecular weight excluding hydrogens is 523 g/mol. The molecule has 0 saturated heterocycles. The van der Waals surface area contributed by atoms with E-state index in [1.807, 2.05) is 31.3 Å². The fourth-order valence-electron chi connectivity index (χ4n) is 4.60. The monoisotopic (exact) mass is 560 g/mol. The molecule has 1 unspecified atom stereocenters. The van der Waals surface area contributed by atoms with Crippen molar-refractivity contribution < 1.29 is 27.2 Å². The molecular formula is C28H37F3N7O2+. The lowest BCUT2D eigenvalue weighted by Gasteiger charge is -2.34. The lowest BCUT2D eigenvalue weighted by Crippen LogP contribution is -2.52. The van der Waals surface area contributed by atoms with E-state index in [1.165, 1.54) is 6.20 Å². The van der Waals surface area contributed by atoms with Crippen molar-refractivity contribution in [1.29, 1.82) is 0 Å². The molecule has 40 heavy (non-hydrogen) atoms. The van der Waals surface area contributed by atoms with Crippen LogP contribution in [0.3, 0.4) is 0 Å². The number of quaternary nitrogens is 1. The van der Waals surface area contributed by atoms with Gasteiger partial charge in [0.1, 0.15) is 6.04 Å². The van der Waals surface area contributed by atoms with Gasteiger partial charge in [-0.3, -0.25) is 14.6 Å². The number of hydrogen-bond donors (Lipinski definition) is 5. The molecule has 216 valence electrons. The summed E-state index contributed by atoms with van der Waals surface area (Å²) < 4.78 is 41.9. The van der Waals surface area contributed by atoms with Gasteiger partial charge in [0.15, 0.2) is 17.5 Å². The summed E-state index contributed by atoms with van der Waals surface area (Å²) in [4.78, 5) is 30.5. The third-order valence-electron chi connectivity index (χ3n) is 6.86. The van der Waals surface area contributed by atoms with Crippen molar-refractivity contribution in [2.45, 2.75) is 31.3 Å². The first-order valence-corrected chi connectivity index (χ1v) is 13.1. The van der Waals surface area contributed by atoms with Crippen LogP contribution in [0.25, 0.3) is 10.9 Å². The molecule has 2 atom stereocenters. The van der Waals surface area contributed by atoms with Crippen LogP contribution in [-0.2, 0) is 16.0 Å². The first-order chi connectivity index (χ1) is 19.0. The van der Waals surface area contributed by atoms with Gasteiger partial charge in [0.05, 0.1) is 50.1 Å². The molecule has 3 aromatic rings. The highest BCUT2D eigenvalue weighted by atomic mass is 19.2. The smallest absolute Gasteiger partial charge is 0.247 e. The van der Waals surface area contributed by atoms with E-state index in [0.29, 0.717) is 42.6 Å². The van der Waals surface area contributed by atoms with E-state index in [9.17, 15) is 22.8 Å². The number of rotatable bonds is 14. The average molecular weight is 561 g/mol. The Hall–Kier alpha value is -3.58. The van der Waals surface area contributed by atoms with Crippen LogP contribution in [0.2, 0.25) is 0 Å². The van der Waals surface area contributed by atoms with Crippen molar-refractivity contribution in [1.82, 2.24) is 10.3 Å². The minimum atomic E-state index is -1.62. The van der Waals surface area contributed by atoms with Crippen molar-refractivity contribution >= 4 is 28.4 Å². The first kappa shape index (κ1) is 31.0. The molecule has 0 saturated carbocycles. The van der Waals surface area contributed by atoms with Gasteiger partial charge in [0, 0.05) is 24.9 Å². The number of carbonyl (C=O) groups excluding carboxylic acids is 2. The zero-order valence-electron chi connectivity index (χ0n) is 22.5. The van der Waals surface area contributed by atoms with Gasteiger partial charge in [-0.15, -0.1) is 0 Å². The van der Waals surface area contributed by atoms with Crippen molar-refractivity contribution in [2.75, 3.05) is 45.1 Å². The third kappa shape index (κ3) is 8.46. The zero-order chi connectivity index (χ0) is 29.3. The Morgan fingerprint density at radius 1 is 0.975 bits per heavy atom. The number of hydrogen-bond acceptors (Lipinski definition) is 6. The third-order valence-corrected chi connectivity index (χ3v) is 6.86. The molecule has 0 radical (unpaired) electrons. The standard InChI is InChI=1S/C28H36F3N7O2/c1-38(11-8-32,12-9-33)10-4-6-23(34)27(39)37-25(15-18-13-21(29)26(31)22(30)14-18)28(40)36-20-16-19-5-2-3-7-24(19)35-17-20/h2-3,5,7,13-14,16-17,23,25H,4,6,8-12,15,32-34H2,1H3,(H-,36,37,39,40)/p+1/t23?,25-/m0/s1. The maximum absolute atomic E-state index is 13.9. The van der Waals surface area contributed by atoms with Gasteiger partial charge in [-0.05, 0) is 42.7 Å². The summed E-state index contributed by atoms with van der Waals surface area (Å²) in [5.41, 5.74) is 18.7. The highest BCUT2D eigenvalue weighted by Gasteiger charge is 2.27. The van der Waals surface area contributed by atoms with E-state index in [2.05, 4.69) is 15.6 Å². The SMILES string of the molecule is C[N+](CCN)(CCN)CCCC(N)C(=O)N[C@@H](Cc1cc(F)c(F)c(F)c1)C(=O)Nc1cnc2ccccc2c1. The molecule has 9 nitrogen and oxygen atoms in total. The molecule has 12 heteroatoms. The van der Waals surface area contributed by atoms with Gasteiger partial charge in [-0.25, -0.2) is 13.2 Å². The van der Waals surface area contributed by atoms with Crippen LogP contribution in [0.15, 0.2) is 48.7 Å². The fourth-order valence-corrected chi connectivity index (χ4v) is 4.60. The highest BCUT2D eigenvalue weighted by Crippen LogP contribution is 2.18. The molecule has 0 fully saturated rings. The second-order valence-corrected chi connectivity index (χ2v) is 10.2. The number of amides is 2. The van der Waals surface area contributed by atoms with Crippen LogP contribution in [-0.4, -0.2) is 73.1 Å². The number of aromatic nitrogens is 1. The molecule has 3 rings (SSSR count). The predicted octanol–water partition coefficient (Wildman–Crippen LogP) is 1.79. The Kier molecular flexibility index (Phi) is 11.0. The van der Waals surface area contributed by atoms with E-state index in [0.717, 1.165) is 36.1 Å². The van der Waals surface area contributed by atoms with Crippen LogP contribution >= 0.6 is 0 Å². The number of nitrogens with two attached hydrogens (primary N) is 3. The van der Waals surface area contributed by atoms with Crippen LogP contribution in [0.5, 0.6) is 0 Å². The Balaban J connectivity index is 1.73. The topological polar surface area (TPSA) is 149 Å². The minimum Gasteiger partial charge on any atom is -0.343 e. The Labute approximate surface area is 231 Å². The van der Waals surface area contributed by atoms with E-state index in [4.69, 9.17) is 17.2 Å². The second kappa shape index (κ2) is 14.2. The van der Waals surface area contributed by atoms with Gasteiger partial charge in [0.25, 0.3) is 0 Å². The van der Waals surface area contributed by atoms with E-state index in [-0.39, 0.29) is 12.0 Å². The molecule has 0 aliphatic carbocycles. The maximum Gasteiger partial charge on any atom is 0.247 e. The Morgan fingerprint density at radius 3 is 2.27 bits per heavy atom. The van der Waals surface area contributed by atoms with Crippen molar-refractivity contribution in [3.8, 4) is 0 Å². The molecule has 1 heterocycles. The number of halogens is 3. The number of benzene rings is 2. The summed E-state index contributed by atoms with van der Waals surface area (Å²) in [5.74, 6) is -5.67. The summed E-state index contributed by atoms with van der Waals surface area (Å²) in [7, 11) is 2.04. The summed E-state index contributed by atoms with van der Waals surface area (Å²) in [5, 5.41) is 6.06. The van der Waals surface area contributed by atoms with E-state index in [1.54, 1.807) is 6.07 Å². The first-order valence-electron chi connectivity index (χ1n) is 13.1. The van der Waals surface area contributed by atoms with Crippen LogP contribution in [0, 0.1) is 17.5 Å². The maximum atomic E-state index is 13.9. The zero-order valence-corrected chi connectivity index (χ0v) is 22.5. The van der Waals surface area contributed by atoms with Gasteiger partial charge >= 0.3 is 0 Å². The number of carbonyl (C=O) groups is 2. The number of pyridine rings is 1. The van der Waals surface area contributed by atoms with Crippen molar-refractivity contribution in [3.05, 3.63) is 71.7 Å². The number of nitrogens with one attached hydrogen (secondary N) is 2. The molecule has 8 N–H and O–H groups in total. The van der Waals surface area contributed by atoms with Crippen LogP contribution in [0.4, 0.5) is 18.9 Å². The fraction of sp³-hybridized carbons (Fsp3) is 0.393. The van der Waals surface area contributed by atoms with Gasteiger partial charge in [-0.1, -0.05) is 18.2 Å². The lowest BCUT2D eigenvalue weighted by molar-refractivity contribution is -0.907. The molecule has 1 aromatic heterocycles. The van der Waals surface area contributed by atoms with Crippen LogP contribution in [0.1, 0.15) is 18.4 Å². The number of anilines is 1.